The van der Waals surface area contributed by atoms with Gasteiger partial charge in [0, 0.05) is 17.3 Å². The van der Waals surface area contributed by atoms with Gasteiger partial charge in [0.25, 0.3) is 0 Å². The van der Waals surface area contributed by atoms with Crippen molar-refractivity contribution in [1.82, 2.24) is 5.32 Å². The van der Waals surface area contributed by atoms with Crippen LogP contribution in [0.5, 0.6) is 5.75 Å². The van der Waals surface area contributed by atoms with Crippen molar-refractivity contribution in [3.8, 4) is 5.75 Å². The summed E-state index contributed by atoms with van der Waals surface area (Å²) >= 11 is 1.89. The Balaban J connectivity index is 2.00. The summed E-state index contributed by atoms with van der Waals surface area (Å²) in [5.41, 5.74) is 0. The molecule has 1 aliphatic rings. The van der Waals surface area contributed by atoms with Gasteiger partial charge in [-0.3, -0.25) is 0 Å². The van der Waals surface area contributed by atoms with Crippen LogP contribution in [-0.2, 0) is 0 Å². The first-order valence-electron chi connectivity index (χ1n) is 6.15. The van der Waals surface area contributed by atoms with E-state index in [-0.39, 0.29) is 0 Å². The summed E-state index contributed by atoms with van der Waals surface area (Å²) in [6, 6.07) is 8.62. The predicted octanol–water partition coefficient (Wildman–Crippen LogP) is 3.38. The Morgan fingerprint density at radius 1 is 1.41 bits per heavy atom. The molecule has 2 aromatic rings. The highest BCUT2D eigenvalue weighted by Gasteiger charge is 2.18. The van der Waals surface area contributed by atoms with E-state index in [0.717, 1.165) is 12.3 Å². The maximum Gasteiger partial charge on any atom is 0.136 e. The van der Waals surface area contributed by atoms with Gasteiger partial charge in [-0.2, -0.15) is 0 Å². The Morgan fingerprint density at radius 3 is 3.12 bits per heavy atom. The number of nitrogens with one attached hydrogen (secondary N) is 1. The Bertz CT molecular complexity index is 514. The molecule has 0 saturated carbocycles. The fourth-order valence-corrected chi connectivity index (χ4v) is 3.80. The van der Waals surface area contributed by atoms with Gasteiger partial charge in [-0.25, -0.2) is 0 Å². The number of thiophene rings is 1. The summed E-state index contributed by atoms with van der Waals surface area (Å²) < 4.78 is 6.71. The quantitative estimate of drug-likeness (QED) is 0.878. The SMILES string of the molecule is COc1cccc2cc(C3CCCNC3)sc12. The van der Waals surface area contributed by atoms with Crippen LogP contribution < -0.4 is 10.1 Å². The number of hydrogen-bond acceptors (Lipinski definition) is 3. The van der Waals surface area contributed by atoms with Crippen LogP contribution in [0.2, 0.25) is 0 Å². The van der Waals surface area contributed by atoms with Crippen LogP contribution in [0, 0.1) is 0 Å². The van der Waals surface area contributed by atoms with Crippen molar-refractivity contribution in [2.24, 2.45) is 0 Å². The molecule has 1 aromatic carbocycles. The minimum atomic E-state index is 0.686. The summed E-state index contributed by atoms with van der Waals surface area (Å²) in [5, 5.41) is 4.80. The van der Waals surface area contributed by atoms with Crippen molar-refractivity contribution in [1.29, 1.82) is 0 Å². The molecule has 2 heterocycles. The highest BCUT2D eigenvalue weighted by atomic mass is 32.1. The minimum Gasteiger partial charge on any atom is -0.495 e. The lowest BCUT2D eigenvalue weighted by Gasteiger charge is -2.21. The Labute approximate surface area is 106 Å². The van der Waals surface area contributed by atoms with Gasteiger partial charge in [0.1, 0.15) is 5.75 Å². The van der Waals surface area contributed by atoms with E-state index in [1.165, 1.54) is 34.3 Å². The molecule has 1 N–H and O–H groups in total. The predicted molar refractivity (Wildman–Crippen MR) is 73.2 cm³/mol. The van der Waals surface area contributed by atoms with E-state index in [9.17, 15) is 0 Å². The summed E-state index contributed by atoms with van der Waals surface area (Å²) in [6.07, 6.45) is 2.60. The van der Waals surface area contributed by atoms with Crippen molar-refractivity contribution in [2.45, 2.75) is 18.8 Å². The summed E-state index contributed by atoms with van der Waals surface area (Å²) in [6.45, 7) is 2.29. The third-order valence-corrected chi connectivity index (χ3v) is 4.77. The molecule has 3 heteroatoms. The van der Waals surface area contributed by atoms with Crippen molar-refractivity contribution >= 4 is 21.4 Å². The summed E-state index contributed by atoms with van der Waals surface area (Å²) in [5.74, 6) is 1.69. The summed E-state index contributed by atoms with van der Waals surface area (Å²) in [4.78, 5) is 1.50. The van der Waals surface area contributed by atoms with Gasteiger partial charge in [0.05, 0.1) is 11.8 Å². The number of rotatable bonds is 2. The van der Waals surface area contributed by atoms with Gasteiger partial charge < -0.3 is 10.1 Å². The van der Waals surface area contributed by atoms with E-state index >= 15 is 0 Å². The molecule has 1 atom stereocenters. The van der Waals surface area contributed by atoms with Crippen molar-refractivity contribution in [3.05, 3.63) is 29.1 Å². The lowest BCUT2D eigenvalue weighted by molar-refractivity contribution is 0.420. The second-order valence-corrected chi connectivity index (χ2v) is 5.65. The molecule has 1 fully saturated rings. The molecule has 0 spiro atoms. The molecular formula is C14H17NOS. The van der Waals surface area contributed by atoms with Gasteiger partial charge in [0.15, 0.2) is 0 Å². The maximum absolute atomic E-state index is 5.42. The van der Waals surface area contributed by atoms with Crippen molar-refractivity contribution < 1.29 is 4.74 Å². The zero-order chi connectivity index (χ0) is 11.7. The van der Waals surface area contributed by atoms with E-state index in [4.69, 9.17) is 4.74 Å². The third-order valence-electron chi connectivity index (χ3n) is 3.45. The van der Waals surface area contributed by atoms with Gasteiger partial charge in [-0.05, 0) is 36.9 Å². The highest BCUT2D eigenvalue weighted by molar-refractivity contribution is 7.19. The van der Waals surface area contributed by atoms with Gasteiger partial charge >= 0.3 is 0 Å². The Kier molecular flexibility index (Phi) is 3.04. The lowest BCUT2D eigenvalue weighted by Crippen LogP contribution is -2.27. The van der Waals surface area contributed by atoms with Crippen LogP contribution >= 0.6 is 11.3 Å². The molecule has 0 amide bonds. The molecule has 0 radical (unpaired) electrons. The van der Waals surface area contributed by atoms with E-state index in [0.29, 0.717) is 5.92 Å². The van der Waals surface area contributed by atoms with Crippen LogP contribution in [0.15, 0.2) is 24.3 Å². The highest BCUT2D eigenvalue weighted by Crippen LogP contribution is 2.38. The molecule has 0 bridgehead atoms. The standard InChI is InChI=1S/C14H17NOS/c1-16-12-6-2-4-10-8-13(17-14(10)12)11-5-3-7-15-9-11/h2,4,6,8,11,15H,3,5,7,9H2,1H3. The lowest BCUT2D eigenvalue weighted by atomic mass is 9.98. The van der Waals surface area contributed by atoms with Gasteiger partial charge in [0.2, 0.25) is 0 Å². The largest absolute Gasteiger partial charge is 0.495 e. The zero-order valence-electron chi connectivity index (χ0n) is 10.0. The van der Waals surface area contributed by atoms with E-state index in [2.05, 4.69) is 23.5 Å². The van der Waals surface area contributed by atoms with Gasteiger partial charge in [-0.1, -0.05) is 12.1 Å². The molecular weight excluding hydrogens is 230 g/mol. The minimum absolute atomic E-state index is 0.686. The average Bonchev–Trinajstić information content (AvgIpc) is 2.83. The third kappa shape index (κ3) is 2.05. The molecule has 1 saturated heterocycles. The smallest absolute Gasteiger partial charge is 0.136 e. The Morgan fingerprint density at radius 2 is 2.35 bits per heavy atom. The van der Waals surface area contributed by atoms with Crippen LogP contribution in [0.1, 0.15) is 23.6 Å². The van der Waals surface area contributed by atoms with Crippen molar-refractivity contribution in [3.63, 3.8) is 0 Å². The number of benzene rings is 1. The van der Waals surface area contributed by atoms with E-state index in [1.807, 2.05) is 17.4 Å². The fourth-order valence-electron chi connectivity index (χ4n) is 2.51. The first-order valence-corrected chi connectivity index (χ1v) is 6.97. The monoisotopic (exact) mass is 247 g/mol. The zero-order valence-corrected chi connectivity index (χ0v) is 10.8. The van der Waals surface area contributed by atoms with Crippen LogP contribution in [0.4, 0.5) is 0 Å². The average molecular weight is 247 g/mol. The number of ether oxygens (including phenoxy) is 1. The number of fused-ring (bicyclic) bond motifs is 1. The Hall–Kier alpha value is -1.06. The molecule has 1 unspecified atom stereocenters. The van der Waals surface area contributed by atoms with Crippen LogP contribution in [0.3, 0.4) is 0 Å². The van der Waals surface area contributed by atoms with E-state index < -0.39 is 0 Å². The molecule has 0 aliphatic carbocycles. The van der Waals surface area contributed by atoms with E-state index in [1.54, 1.807) is 7.11 Å². The topological polar surface area (TPSA) is 21.3 Å². The second kappa shape index (κ2) is 4.67. The first kappa shape index (κ1) is 11.1. The molecule has 17 heavy (non-hydrogen) atoms. The number of methoxy groups -OCH3 is 1. The molecule has 90 valence electrons. The normalized spacial score (nSPS) is 20.6. The summed E-state index contributed by atoms with van der Waals surface area (Å²) in [7, 11) is 1.75. The fraction of sp³-hybridized carbons (Fsp3) is 0.429. The molecule has 3 rings (SSSR count). The number of hydrogen-bond donors (Lipinski definition) is 1. The van der Waals surface area contributed by atoms with Crippen LogP contribution in [0.25, 0.3) is 10.1 Å². The van der Waals surface area contributed by atoms with Gasteiger partial charge in [-0.15, -0.1) is 11.3 Å². The molecule has 1 aromatic heterocycles. The maximum atomic E-state index is 5.42. The van der Waals surface area contributed by atoms with Crippen LogP contribution in [-0.4, -0.2) is 20.2 Å². The molecule has 1 aliphatic heterocycles. The van der Waals surface area contributed by atoms with Crippen molar-refractivity contribution in [2.75, 3.05) is 20.2 Å². The number of piperidine rings is 1. The molecule has 2 nitrogen and oxygen atoms in total. The first-order chi connectivity index (χ1) is 8.38. The second-order valence-electron chi connectivity index (χ2n) is 4.57.